The van der Waals surface area contributed by atoms with Crippen molar-refractivity contribution in [3.05, 3.63) is 111 Å². The van der Waals surface area contributed by atoms with Gasteiger partial charge in [0.2, 0.25) is 0 Å². The minimum atomic E-state index is -0.804. The first kappa shape index (κ1) is 34.4. The van der Waals surface area contributed by atoms with E-state index in [0.29, 0.717) is 50.7 Å². The Kier molecular flexibility index (Phi) is 10.8. The molecule has 0 unspecified atom stereocenters. The molecule has 49 heavy (non-hydrogen) atoms. The number of halogens is 3. The summed E-state index contributed by atoms with van der Waals surface area (Å²) in [5.74, 6) is 0.111. The van der Waals surface area contributed by atoms with Gasteiger partial charge in [-0.15, -0.1) is 0 Å². The molecule has 0 N–H and O–H groups in total. The molecular weight excluding hydrogens is 674 g/mol. The average molecular weight is 710 g/mol. The summed E-state index contributed by atoms with van der Waals surface area (Å²) in [6, 6.07) is 13.1. The van der Waals surface area contributed by atoms with Crippen LogP contribution >= 0.6 is 23.2 Å². The lowest BCUT2D eigenvalue weighted by Gasteiger charge is -2.44. The molecule has 5 heterocycles. The predicted octanol–water partition coefficient (Wildman–Crippen LogP) is 7.32. The summed E-state index contributed by atoms with van der Waals surface area (Å²) in [5, 5.41) is 0.673. The molecular formula is C36H35Cl2FN4O6. The summed E-state index contributed by atoms with van der Waals surface area (Å²) in [7, 11) is 3.05. The number of benzene rings is 2. The van der Waals surface area contributed by atoms with Gasteiger partial charge in [0.05, 0.1) is 54.5 Å². The van der Waals surface area contributed by atoms with E-state index in [4.69, 9.17) is 42.1 Å². The number of piperidine rings is 3. The molecule has 0 saturated carbocycles. The first-order valence-corrected chi connectivity index (χ1v) is 16.6. The molecule has 7 rings (SSSR count). The molecule has 3 aliphatic rings. The van der Waals surface area contributed by atoms with Crippen LogP contribution in [0.25, 0.3) is 0 Å². The number of aromatic nitrogens is 2. The Bertz CT molecular complexity index is 1780. The van der Waals surface area contributed by atoms with Crippen LogP contribution < -0.4 is 14.4 Å². The van der Waals surface area contributed by atoms with Crippen LogP contribution in [0, 0.1) is 11.7 Å². The van der Waals surface area contributed by atoms with Crippen LogP contribution in [0.15, 0.2) is 73.3 Å². The molecule has 0 spiro atoms. The zero-order valence-electron chi connectivity index (χ0n) is 27.0. The Morgan fingerprint density at radius 2 is 1.63 bits per heavy atom. The molecule has 0 aliphatic carbocycles. The molecule has 2 aromatic heterocycles. The average Bonchev–Trinajstić information content (AvgIpc) is 3.12. The number of anilines is 1. The predicted molar refractivity (Wildman–Crippen MR) is 182 cm³/mol. The zero-order valence-corrected chi connectivity index (χ0v) is 28.5. The highest BCUT2D eigenvalue weighted by Gasteiger charge is 2.37. The fraction of sp³-hybridized carbons (Fsp3) is 0.333. The Morgan fingerprint density at radius 3 is 2.27 bits per heavy atom. The number of ether oxygens (including phenoxy) is 4. The van der Waals surface area contributed by atoms with Gasteiger partial charge in [0.1, 0.15) is 18.0 Å². The monoisotopic (exact) mass is 708 g/mol. The van der Waals surface area contributed by atoms with Crippen LogP contribution in [-0.2, 0) is 22.4 Å². The second-order valence-electron chi connectivity index (χ2n) is 12.0. The highest BCUT2D eigenvalue weighted by molar-refractivity contribution is 6.35. The van der Waals surface area contributed by atoms with Crippen molar-refractivity contribution in [1.29, 1.82) is 0 Å². The lowest BCUT2D eigenvalue weighted by molar-refractivity contribution is -0.0311. The fourth-order valence-corrected chi connectivity index (χ4v) is 6.79. The van der Waals surface area contributed by atoms with Crippen LogP contribution in [0.1, 0.15) is 46.0 Å². The smallest absolute Gasteiger partial charge is 0.414 e. The summed E-state index contributed by atoms with van der Waals surface area (Å²) in [6.07, 6.45) is 5.95. The number of hydrogen-bond acceptors (Lipinski definition) is 9. The molecule has 2 atom stereocenters. The van der Waals surface area contributed by atoms with E-state index in [1.165, 1.54) is 43.8 Å². The van der Waals surface area contributed by atoms with Crippen molar-refractivity contribution in [1.82, 2.24) is 14.9 Å². The normalized spacial score (nSPS) is 18.8. The van der Waals surface area contributed by atoms with Gasteiger partial charge in [0.25, 0.3) is 0 Å². The van der Waals surface area contributed by atoms with Gasteiger partial charge in [0, 0.05) is 31.4 Å². The van der Waals surface area contributed by atoms with Crippen molar-refractivity contribution < 1.29 is 32.9 Å². The summed E-state index contributed by atoms with van der Waals surface area (Å²) >= 11 is 12.9. The largest absolute Gasteiger partial charge is 0.493 e. The van der Waals surface area contributed by atoms with Gasteiger partial charge >= 0.3 is 12.1 Å². The highest BCUT2D eigenvalue weighted by atomic mass is 35.5. The maximum absolute atomic E-state index is 14.2. The van der Waals surface area contributed by atoms with Crippen LogP contribution in [0.3, 0.4) is 0 Å². The number of pyridine rings is 2. The lowest BCUT2D eigenvalue weighted by atomic mass is 9.86. The minimum Gasteiger partial charge on any atom is -0.493 e. The third-order valence-corrected chi connectivity index (χ3v) is 9.62. The molecule has 3 aliphatic heterocycles. The number of nitrogens with zero attached hydrogens (tertiary/aromatic N) is 4. The van der Waals surface area contributed by atoms with Gasteiger partial charge in [0.15, 0.2) is 11.5 Å². The Hall–Kier alpha value is -4.45. The summed E-state index contributed by atoms with van der Waals surface area (Å²) in [4.78, 5) is 38.7. The Morgan fingerprint density at radius 1 is 0.939 bits per heavy atom. The topological polar surface area (TPSA) is 103 Å². The number of rotatable bonds is 11. The van der Waals surface area contributed by atoms with E-state index in [0.717, 1.165) is 32.1 Å². The van der Waals surface area contributed by atoms with E-state index in [1.807, 2.05) is 0 Å². The van der Waals surface area contributed by atoms with Crippen LogP contribution in [0.4, 0.5) is 14.9 Å². The molecule has 2 aromatic carbocycles. The Labute approximate surface area is 293 Å². The van der Waals surface area contributed by atoms with Gasteiger partial charge in [-0.1, -0.05) is 41.4 Å². The first-order valence-electron chi connectivity index (χ1n) is 15.8. The van der Waals surface area contributed by atoms with Crippen LogP contribution in [0.5, 0.6) is 11.5 Å². The number of hydrogen-bond donors (Lipinski definition) is 0. The van der Waals surface area contributed by atoms with Gasteiger partial charge in [-0.05, 0) is 72.8 Å². The van der Waals surface area contributed by atoms with Gasteiger partial charge in [-0.25, -0.2) is 14.0 Å². The molecule has 3 fully saturated rings. The molecule has 13 heteroatoms. The molecule has 1 amide bonds. The number of methoxy groups -OCH3 is 2. The van der Waals surface area contributed by atoms with Crippen molar-refractivity contribution in [2.45, 2.75) is 38.0 Å². The molecule has 4 aromatic rings. The molecule has 256 valence electrons. The van der Waals surface area contributed by atoms with Crippen LogP contribution in [0.2, 0.25) is 10.0 Å². The van der Waals surface area contributed by atoms with Gasteiger partial charge in [-0.2, -0.15) is 0 Å². The standard InChI is InChI=1S/C36H35Cl2FN4O6/c1-46-31-8-7-25(13-33(31)47-2)32(15-28-29(37)18-41-19-30(28)38)48-35(44)24-5-3-22(4-6-24)20-43(27-14-26(39)16-40-17-27)36(45)49-34-21-42-11-9-23(34)10-12-42/h3-8,13-14,16-19,23,32,34H,9-12,15,20-21H2,1-2H3/t32-,34-/m0/s1. The van der Waals surface area contributed by atoms with Crippen molar-refractivity contribution in [2.75, 3.05) is 38.8 Å². The van der Waals surface area contributed by atoms with E-state index in [-0.39, 0.29) is 30.3 Å². The van der Waals surface area contributed by atoms with Crippen molar-refractivity contribution >= 4 is 41.0 Å². The Balaban J connectivity index is 1.21. The SMILES string of the molecule is COc1ccc([C@H](Cc2c(Cl)cncc2Cl)OC(=O)c2ccc(CN(C(=O)O[C@H]3CN4CCC3CC4)c3cncc(F)c3)cc2)cc1OC. The highest BCUT2D eigenvalue weighted by Crippen LogP contribution is 2.36. The summed E-state index contributed by atoms with van der Waals surface area (Å²) in [6.45, 7) is 2.76. The number of esters is 1. The number of carbonyl (C=O) groups excluding carboxylic acids is 2. The maximum Gasteiger partial charge on any atom is 0.414 e. The maximum atomic E-state index is 14.2. The first-order chi connectivity index (χ1) is 23.7. The van der Waals surface area contributed by atoms with E-state index < -0.39 is 24.0 Å². The van der Waals surface area contributed by atoms with Gasteiger partial charge in [-0.3, -0.25) is 19.8 Å². The van der Waals surface area contributed by atoms with E-state index in [9.17, 15) is 14.0 Å². The van der Waals surface area contributed by atoms with Crippen molar-refractivity contribution in [3.63, 3.8) is 0 Å². The van der Waals surface area contributed by atoms with E-state index in [2.05, 4.69) is 14.9 Å². The molecule has 0 radical (unpaired) electrons. The summed E-state index contributed by atoms with van der Waals surface area (Å²) in [5.41, 5.74) is 2.42. The van der Waals surface area contributed by atoms with Crippen molar-refractivity contribution in [3.8, 4) is 11.5 Å². The number of amides is 1. The van der Waals surface area contributed by atoms with E-state index in [1.54, 1.807) is 42.5 Å². The number of fused-ring (bicyclic) bond motifs is 3. The third kappa shape index (κ3) is 8.07. The second kappa shape index (κ2) is 15.4. The molecule has 3 saturated heterocycles. The summed E-state index contributed by atoms with van der Waals surface area (Å²) < 4.78 is 37.1. The lowest BCUT2D eigenvalue weighted by Crippen LogP contribution is -2.53. The third-order valence-electron chi connectivity index (χ3n) is 8.97. The minimum absolute atomic E-state index is 0.0632. The van der Waals surface area contributed by atoms with Crippen LogP contribution in [-0.4, -0.2) is 66.9 Å². The van der Waals surface area contributed by atoms with Gasteiger partial charge < -0.3 is 18.9 Å². The number of carbonyl (C=O) groups is 2. The second-order valence-corrected chi connectivity index (χ2v) is 12.8. The zero-order chi connectivity index (χ0) is 34.5. The van der Waals surface area contributed by atoms with Crippen molar-refractivity contribution in [2.24, 2.45) is 5.92 Å². The van der Waals surface area contributed by atoms with E-state index >= 15 is 0 Å². The fourth-order valence-electron chi connectivity index (χ4n) is 6.27. The molecule has 2 bridgehead atoms. The quantitative estimate of drug-likeness (QED) is 0.148. The molecule has 10 nitrogen and oxygen atoms in total.